The summed E-state index contributed by atoms with van der Waals surface area (Å²) in [6.45, 7) is 0. The molecule has 1 saturated carbocycles. The van der Waals surface area contributed by atoms with Crippen LogP contribution in [0.25, 0.3) is 5.76 Å². The number of amides is 1. The van der Waals surface area contributed by atoms with E-state index in [1.807, 2.05) is 0 Å². The van der Waals surface area contributed by atoms with Gasteiger partial charge in [0, 0.05) is 17.9 Å². The normalized spacial score (nSPS) is 28.2. The number of phenols is 1. The van der Waals surface area contributed by atoms with Gasteiger partial charge in [0.15, 0.2) is 11.4 Å². The van der Waals surface area contributed by atoms with E-state index in [9.17, 15) is 47.8 Å². The van der Waals surface area contributed by atoms with Gasteiger partial charge in [0.25, 0.3) is 16.0 Å². The van der Waals surface area contributed by atoms with E-state index >= 15 is 0 Å². The van der Waals surface area contributed by atoms with Gasteiger partial charge < -0.3 is 26.2 Å². The van der Waals surface area contributed by atoms with Crippen LogP contribution < -0.4 is 5.73 Å². The molecule has 0 aliphatic heterocycles. The number of hydrogen-bond donors (Lipinski definition) is 6. The summed E-state index contributed by atoms with van der Waals surface area (Å²) in [5.41, 5.74) is 0.541. The highest BCUT2D eigenvalue weighted by Gasteiger charge is 2.60. The maximum Gasteiger partial charge on any atom is 0.294 e. The molecule has 31 heavy (non-hydrogen) atoms. The Morgan fingerprint density at radius 3 is 2.35 bits per heavy atom. The van der Waals surface area contributed by atoms with Gasteiger partial charge in [-0.15, -0.1) is 0 Å². The van der Waals surface area contributed by atoms with Crippen molar-refractivity contribution in [3.63, 3.8) is 0 Å². The number of benzene rings is 1. The Morgan fingerprint density at radius 2 is 1.77 bits per heavy atom. The molecule has 1 aromatic rings. The Balaban J connectivity index is 1.98. The second-order valence-corrected chi connectivity index (χ2v) is 9.21. The molecule has 3 aliphatic carbocycles. The molecule has 7 N–H and O–H groups in total. The zero-order chi connectivity index (χ0) is 23.0. The number of rotatable bonds is 2. The van der Waals surface area contributed by atoms with Gasteiger partial charge in [-0.2, -0.15) is 8.42 Å². The molecule has 1 amide bonds. The summed E-state index contributed by atoms with van der Waals surface area (Å²) in [7, 11) is -4.74. The summed E-state index contributed by atoms with van der Waals surface area (Å²) in [5, 5.41) is 42.4. The summed E-state index contributed by atoms with van der Waals surface area (Å²) < 4.78 is 33.0. The first-order valence-electron chi connectivity index (χ1n) is 9.09. The quantitative estimate of drug-likeness (QED) is 0.254. The minimum atomic E-state index is -4.74. The fourth-order valence-electron chi connectivity index (χ4n) is 4.83. The fraction of sp³-hybridized carbons (Fsp3) is 0.316. The topological polar surface area (TPSA) is 213 Å². The molecule has 164 valence electrons. The zero-order valence-electron chi connectivity index (χ0n) is 15.7. The van der Waals surface area contributed by atoms with Gasteiger partial charge in [-0.3, -0.25) is 18.9 Å². The number of carbonyl (C=O) groups excluding carboxylic acids is 3. The Hall–Kier alpha value is -3.22. The van der Waals surface area contributed by atoms with Crippen molar-refractivity contribution in [3.8, 4) is 5.75 Å². The van der Waals surface area contributed by atoms with Crippen LogP contribution in [-0.2, 0) is 30.9 Å². The molecule has 0 aromatic heterocycles. The Bertz CT molecular complexity index is 1260. The molecule has 0 saturated heterocycles. The minimum absolute atomic E-state index is 0.133. The number of fused-ring (bicyclic) bond motifs is 3. The molecular formula is C19H17NO10S. The number of phenolic OH excluding ortho intramolecular Hbond substituents is 1. The second-order valence-electron chi connectivity index (χ2n) is 7.82. The average Bonchev–Trinajstić information content (AvgIpc) is 2.63. The molecule has 4 rings (SSSR count). The van der Waals surface area contributed by atoms with Crippen LogP contribution in [0.2, 0.25) is 0 Å². The van der Waals surface area contributed by atoms with E-state index in [0.717, 1.165) is 12.1 Å². The van der Waals surface area contributed by atoms with Crippen molar-refractivity contribution < 1.29 is 47.8 Å². The second kappa shape index (κ2) is 6.39. The van der Waals surface area contributed by atoms with Crippen LogP contribution in [0.5, 0.6) is 5.75 Å². The molecule has 0 bridgehead atoms. The molecule has 3 atom stereocenters. The zero-order valence-corrected chi connectivity index (χ0v) is 16.5. The third-order valence-corrected chi connectivity index (χ3v) is 7.12. The minimum Gasteiger partial charge on any atom is -0.508 e. The van der Waals surface area contributed by atoms with Crippen LogP contribution in [0.3, 0.4) is 0 Å². The lowest BCUT2D eigenvalue weighted by molar-refractivity contribution is -0.147. The van der Waals surface area contributed by atoms with Gasteiger partial charge in [-0.25, -0.2) is 0 Å². The van der Waals surface area contributed by atoms with Crippen LogP contribution in [0.4, 0.5) is 0 Å². The summed E-state index contributed by atoms with van der Waals surface area (Å²) in [4.78, 5) is 36.5. The van der Waals surface area contributed by atoms with Crippen molar-refractivity contribution in [1.29, 1.82) is 0 Å². The Labute approximate surface area is 174 Å². The Kier molecular flexibility index (Phi) is 4.33. The van der Waals surface area contributed by atoms with E-state index in [4.69, 9.17) is 5.73 Å². The number of aromatic hydroxyl groups is 1. The van der Waals surface area contributed by atoms with Gasteiger partial charge in [-0.1, -0.05) is 0 Å². The lowest BCUT2D eigenvalue weighted by Crippen LogP contribution is -2.58. The van der Waals surface area contributed by atoms with E-state index in [-0.39, 0.29) is 18.4 Å². The van der Waals surface area contributed by atoms with Crippen LogP contribution in [0.15, 0.2) is 33.9 Å². The van der Waals surface area contributed by atoms with Crippen molar-refractivity contribution >= 4 is 33.4 Å². The number of primary amides is 1. The van der Waals surface area contributed by atoms with E-state index in [2.05, 4.69) is 0 Å². The summed E-state index contributed by atoms with van der Waals surface area (Å²) in [5.74, 6) is -8.08. The van der Waals surface area contributed by atoms with E-state index in [1.165, 1.54) is 0 Å². The monoisotopic (exact) mass is 451 g/mol. The maximum absolute atomic E-state index is 13.2. The highest BCUT2D eigenvalue weighted by molar-refractivity contribution is 7.85. The van der Waals surface area contributed by atoms with Gasteiger partial charge in [-0.05, 0) is 36.5 Å². The van der Waals surface area contributed by atoms with Crippen molar-refractivity contribution in [2.75, 3.05) is 0 Å². The first-order valence-corrected chi connectivity index (χ1v) is 10.5. The van der Waals surface area contributed by atoms with Gasteiger partial charge >= 0.3 is 0 Å². The number of carbonyl (C=O) groups is 3. The predicted molar refractivity (Wildman–Crippen MR) is 101 cm³/mol. The molecular weight excluding hydrogens is 434 g/mol. The molecule has 11 nitrogen and oxygen atoms in total. The van der Waals surface area contributed by atoms with Crippen molar-refractivity contribution in [2.24, 2.45) is 17.6 Å². The number of aliphatic hydroxyl groups excluding tert-OH is 2. The summed E-state index contributed by atoms with van der Waals surface area (Å²) in [6.07, 6.45) is -0.866. The maximum atomic E-state index is 13.2. The fourth-order valence-corrected chi connectivity index (χ4v) is 5.57. The largest absolute Gasteiger partial charge is 0.508 e. The number of Topliss-reactive ketones (excluding diaryl/α,β-unsaturated/α-hetero) is 2. The molecule has 0 unspecified atom stereocenters. The van der Waals surface area contributed by atoms with Crippen LogP contribution in [-0.4, -0.2) is 56.5 Å². The third-order valence-electron chi connectivity index (χ3n) is 6.18. The van der Waals surface area contributed by atoms with Gasteiger partial charge in [0.1, 0.15) is 22.8 Å². The molecule has 0 radical (unpaired) electrons. The lowest BCUT2D eigenvalue weighted by Gasteiger charge is -2.46. The van der Waals surface area contributed by atoms with E-state index in [1.54, 1.807) is 0 Å². The number of ketones is 2. The first-order chi connectivity index (χ1) is 14.3. The summed E-state index contributed by atoms with van der Waals surface area (Å²) >= 11 is 0. The third kappa shape index (κ3) is 2.72. The highest BCUT2D eigenvalue weighted by atomic mass is 32.2. The van der Waals surface area contributed by atoms with Gasteiger partial charge in [0.2, 0.25) is 5.78 Å². The number of aliphatic hydroxyl groups is 3. The average molecular weight is 451 g/mol. The summed E-state index contributed by atoms with van der Waals surface area (Å²) in [6, 6.07) is 1.85. The first kappa shape index (κ1) is 21.0. The standard InChI is InChI=1S/C19H17NO10S/c20-18(26)14-10(22)5-7-3-6-4-8-11(31(28,29)30)2-1-9(21)13(8)15(23)12(6)16(24)19(7,27)17(14)25/h1-2,6-7,21,23,25,27H,3-5H2,(H2,20,26)(H,28,29,30)/t6-,7+,19+/m1/s1. The van der Waals surface area contributed by atoms with Gasteiger partial charge in [0.05, 0.1) is 10.5 Å². The smallest absolute Gasteiger partial charge is 0.294 e. The van der Waals surface area contributed by atoms with Crippen LogP contribution in [0.1, 0.15) is 24.0 Å². The Morgan fingerprint density at radius 1 is 1.13 bits per heavy atom. The molecule has 12 heteroatoms. The molecule has 1 fully saturated rings. The molecule has 0 spiro atoms. The van der Waals surface area contributed by atoms with Crippen molar-refractivity contribution in [3.05, 3.63) is 40.2 Å². The van der Waals surface area contributed by atoms with Crippen molar-refractivity contribution in [1.82, 2.24) is 0 Å². The van der Waals surface area contributed by atoms with Crippen molar-refractivity contribution in [2.45, 2.75) is 29.8 Å². The lowest BCUT2D eigenvalue weighted by atomic mass is 9.59. The van der Waals surface area contributed by atoms with Crippen LogP contribution in [0, 0.1) is 11.8 Å². The van der Waals surface area contributed by atoms with E-state index in [0.29, 0.717) is 0 Å². The predicted octanol–water partition coefficient (Wildman–Crippen LogP) is -0.329. The highest BCUT2D eigenvalue weighted by Crippen LogP contribution is 2.52. The molecule has 1 aromatic carbocycles. The van der Waals surface area contributed by atoms with Crippen LogP contribution >= 0.6 is 0 Å². The number of nitrogens with two attached hydrogens (primary N) is 1. The molecule has 3 aliphatic rings. The number of hydrogen-bond acceptors (Lipinski definition) is 9. The van der Waals surface area contributed by atoms with E-state index < -0.39 is 90.3 Å². The SMILES string of the molecule is NC(=O)C1=C(O)[C@@]2(O)C(=O)C3=C(O)c4c(O)ccc(S(=O)(=O)O)c4C[C@H]3C[C@H]2CC1=O. The molecule has 0 heterocycles.